The highest BCUT2D eigenvalue weighted by Gasteiger charge is 2.23. The van der Waals surface area contributed by atoms with E-state index in [1.165, 1.54) is 6.07 Å². The first-order chi connectivity index (χ1) is 9.18. The number of nitrogens with one attached hydrogen (secondary N) is 1. The Morgan fingerprint density at radius 1 is 1.45 bits per heavy atom. The molecule has 0 bridgehead atoms. The van der Waals surface area contributed by atoms with Crippen molar-refractivity contribution in [1.29, 1.82) is 0 Å². The molecule has 2 N–H and O–H groups in total. The molecule has 0 spiro atoms. The summed E-state index contributed by atoms with van der Waals surface area (Å²) in [4.78, 5) is 14.3. The van der Waals surface area contributed by atoms with Gasteiger partial charge in [-0.3, -0.25) is 0 Å². The fourth-order valence-corrected chi connectivity index (χ4v) is 2.57. The summed E-state index contributed by atoms with van der Waals surface area (Å²) in [6.45, 7) is 5.91. The Hall–Kier alpha value is -1.51. The van der Waals surface area contributed by atoms with E-state index in [1.54, 1.807) is 13.8 Å². The van der Waals surface area contributed by atoms with Crippen LogP contribution in [0.15, 0.2) is 23.4 Å². The van der Waals surface area contributed by atoms with Crippen molar-refractivity contribution in [1.82, 2.24) is 9.71 Å². The Labute approximate surface area is 118 Å². The topological polar surface area (TPSA) is 106 Å². The van der Waals surface area contributed by atoms with Crippen LogP contribution in [-0.4, -0.2) is 43.2 Å². The Balaban J connectivity index is 2.81. The zero-order valence-corrected chi connectivity index (χ0v) is 12.4. The molecule has 7 nitrogen and oxygen atoms in total. The lowest BCUT2D eigenvalue weighted by molar-refractivity contribution is -0.00516. The van der Waals surface area contributed by atoms with Crippen LogP contribution in [0.1, 0.15) is 31.1 Å². The first kappa shape index (κ1) is 16.5. The number of aromatic nitrogens is 1. The van der Waals surface area contributed by atoms with Gasteiger partial charge in [-0.25, -0.2) is 22.9 Å². The number of hydrogen-bond acceptors (Lipinski definition) is 5. The fraction of sp³-hybridized carbons (Fsp3) is 0.500. The molecule has 0 fully saturated rings. The molecule has 0 saturated heterocycles. The van der Waals surface area contributed by atoms with E-state index in [-0.39, 0.29) is 17.1 Å². The molecular formula is C12H18N2O5S. The van der Waals surface area contributed by atoms with Crippen molar-refractivity contribution < 1.29 is 23.1 Å². The van der Waals surface area contributed by atoms with Crippen molar-refractivity contribution in [3.8, 4) is 0 Å². The summed E-state index contributed by atoms with van der Waals surface area (Å²) in [7, 11) is -3.79. The molecule has 0 atom stereocenters. The van der Waals surface area contributed by atoms with Crippen LogP contribution >= 0.6 is 0 Å². The van der Waals surface area contributed by atoms with Gasteiger partial charge in [-0.2, -0.15) is 0 Å². The van der Waals surface area contributed by atoms with Gasteiger partial charge >= 0.3 is 5.97 Å². The van der Waals surface area contributed by atoms with E-state index >= 15 is 0 Å². The Morgan fingerprint density at radius 2 is 2.10 bits per heavy atom. The van der Waals surface area contributed by atoms with Crippen LogP contribution in [0.25, 0.3) is 0 Å². The molecule has 8 heteroatoms. The number of carbonyl (C=O) groups is 1. The van der Waals surface area contributed by atoms with Crippen molar-refractivity contribution >= 4 is 16.0 Å². The van der Waals surface area contributed by atoms with Crippen LogP contribution in [0.4, 0.5) is 0 Å². The number of nitrogens with zero attached hydrogens (tertiary/aromatic N) is 1. The van der Waals surface area contributed by atoms with Gasteiger partial charge in [0.15, 0.2) is 5.03 Å². The minimum Gasteiger partial charge on any atom is -0.478 e. The molecule has 0 radical (unpaired) electrons. The molecule has 1 aromatic rings. The molecule has 0 saturated carbocycles. The van der Waals surface area contributed by atoms with Gasteiger partial charge in [0.1, 0.15) is 0 Å². The van der Waals surface area contributed by atoms with Crippen molar-refractivity contribution in [3.05, 3.63) is 23.9 Å². The molecule has 0 aromatic carbocycles. The SMILES string of the molecule is CCOC(C)(C)CNS(=O)(=O)c1ccc(C(=O)O)cn1. The normalized spacial score (nSPS) is 12.3. The lowest BCUT2D eigenvalue weighted by Crippen LogP contribution is -2.40. The number of aromatic carboxylic acids is 1. The van der Waals surface area contributed by atoms with Crippen LogP contribution in [0, 0.1) is 0 Å². The third-order valence-corrected chi connectivity index (χ3v) is 3.80. The molecule has 1 rings (SSSR count). The number of hydrogen-bond donors (Lipinski definition) is 2. The van der Waals surface area contributed by atoms with Crippen molar-refractivity contribution in [2.45, 2.75) is 31.4 Å². The summed E-state index contributed by atoms with van der Waals surface area (Å²) in [5.74, 6) is -1.16. The van der Waals surface area contributed by atoms with Crippen molar-refractivity contribution in [3.63, 3.8) is 0 Å². The monoisotopic (exact) mass is 302 g/mol. The zero-order valence-electron chi connectivity index (χ0n) is 11.6. The molecule has 1 aromatic heterocycles. The highest BCUT2D eigenvalue weighted by atomic mass is 32.2. The van der Waals surface area contributed by atoms with Crippen LogP contribution in [-0.2, 0) is 14.8 Å². The molecule has 1 heterocycles. The third-order valence-electron chi connectivity index (χ3n) is 2.48. The number of pyridine rings is 1. The van der Waals surface area contributed by atoms with E-state index < -0.39 is 21.6 Å². The molecule has 20 heavy (non-hydrogen) atoms. The smallest absolute Gasteiger partial charge is 0.337 e. The van der Waals surface area contributed by atoms with Gasteiger partial charge in [-0.15, -0.1) is 0 Å². The maximum atomic E-state index is 12.0. The predicted molar refractivity (Wildman–Crippen MR) is 72.1 cm³/mol. The summed E-state index contributed by atoms with van der Waals surface area (Å²) < 4.78 is 31.7. The maximum absolute atomic E-state index is 12.0. The summed E-state index contributed by atoms with van der Waals surface area (Å²) in [5.41, 5.74) is -0.707. The highest BCUT2D eigenvalue weighted by Crippen LogP contribution is 2.11. The van der Waals surface area contributed by atoms with E-state index in [2.05, 4.69) is 9.71 Å². The Bertz CT molecular complexity index is 566. The van der Waals surface area contributed by atoms with Crippen LogP contribution in [0.5, 0.6) is 0 Å². The minimum absolute atomic E-state index is 0.0707. The molecule has 0 aliphatic carbocycles. The number of carboxylic acid groups (broad SMARTS) is 1. The number of ether oxygens (including phenoxy) is 1. The zero-order chi connectivity index (χ0) is 15.4. The highest BCUT2D eigenvalue weighted by molar-refractivity contribution is 7.89. The van der Waals surface area contributed by atoms with Gasteiger partial charge in [-0.1, -0.05) is 0 Å². The molecule has 0 aliphatic heterocycles. The average Bonchev–Trinajstić information content (AvgIpc) is 2.37. The van der Waals surface area contributed by atoms with Gasteiger partial charge in [0.25, 0.3) is 10.0 Å². The predicted octanol–water partition coefficient (Wildman–Crippen LogP) is 0.873. The standard InChI is InChI=1S/C12H18N2O5S/c1-4-19-12(2,3)8-14-20(17,18)10-6-5-9(7-13-10)11(15)16/h5-7,14H,4,8H2,1-3H3,(H,15,16). The summed E-state index contributed by atoms with van der Waals surface area (Å²) in [6, 6.07) is 2.34. The van der Waals surface area contributed by atoms with Crippen LogP contribution in [0.3, 0.4) is 0 Å². The largest absolute Gasteiger partial charge is 0.478 e. The summed E-state index contributed by atoms with van der Waals surface area (Å²) in [6.07, 6.45) is 1.00. The first-order valence-electron chi connectivity index (χ1n) is 6.01. The van der Waals surface area contributed by atoms with E-state index in [9.17, 15) is 13.2 Å². The molecule has 112 valence electrons. The van der Waals surface area contributed by atoms with Gasteiger partial charge in [0.2, 0.25) is 0 Å². The van der Waals surface area contributed by atoms with Gasteiger partial charge in [-0.05, 0) is 32.9 Å². The van der Waals surface area contributed by atoms with Gasteiger partial charge < -0.3 is 9.84 Å². The number of carboxylic acids is 1. The third kappa shape index (κ3) is 4.55. The maximum Gasteiger partial charge on any atom is 0.337 e. The van der Waals surface area contributed by atoms with E-state index in [0.29, 0.717) is 6.61 Å². The molecule has 0 aliphatic rings. The fourth-order valence-electron chi connectivity index (χ4n) is 1.45. The van der Waals surface area contributed by atoms with E-state index in [1.807, 2.05) is 6.92 Å². The number of rotatable bonds is 7. The van der Waals surface area contributed by atoms with Crippen molar-refractivity contribution in [2.24, 2.45) is 0 Å². The van der Waals surface area contributed by atoms with Crippen LogP contribution < -0.4 is 4.72 Å². The number of sulfonamides is 1. The second-order valence-corrected chi connectivity index (χ2v) is 6.42. The van der Waals surface area contributed by atoms with E-state index in [0.717, 1.165) is 12.3 Å². The summed E-state index contributed by atoms with van der Waals surface area (Å²) >= 11 is 0. The van der Waals surface area contributed by atoms with E-state index in [4.69, 9.17) is 9.84 Å². The second kappa shape index (κ2) is 6.29. The molecular weight excluding hydrogens is 284 g/mol. The first-order valence-corrected chi connectivity index (χ1v) is 7.49. The lowest BCUT2D eigenvalue weighted by Gasteiger charge is -2.24. The lowest BCUT2D eigenvalue weighted by atomic mass is 10.1. The minimum atomic E-state index is -3.79. The quantitative estimate of drug-likeness (QED) is 0.774. The van der Waals surface area contributed by atoms with Gasteiger partial charge in [0, 0.05) is 19.3 Å². The van der Waals surface area contributed by atoms with Crippen molar-refractivity contribution in [2.75, 3.05) is 13.2 Å². The van der Waals surface area contributed by atoms with Crippen LogP contribution in [0.2, 0.25) is 0 Å². The average molecular weight is 302 g/mol. The Kier molecular flexibility index (Phi) is 5.21. The molecule has 0 amide bonds. The molecule has 0 unspecified atom stereocenters. The van der Waals surface area contributed by atoms with Gasteiger partial charge in [0.05, 0.1) is 11.2 Å². The summed E-state index contributed by atoms with van der Waals surface area (Å²) in [5, 5.41) is 8.50. The second-order valence-electron chi connectivity index (χ2n) is 4.71. The Morgan fingerprint density at radius 3 is 2.55 bits per heavy atom.